The van der Waals surface area contributed by atoms with Gasteiger partial charge in [0.1, 0.15) is 0 Å². The molecule has 10 heteroatoms. The van der Waals surface area contributed by atoms with Gasteiger partial charge in [0.15, 0.2) is 5.13 Å². The van der Waals surface area contributed by atoms with Gasteiger partial charge in [-0.3, -0.25) is 9.52 Å². The average molecular weight is 428 g/mol. The minimum absolute atomic E-state index is 0.00353. The first kappa shape index (κ1) is 18.7. The number of carbonyl (C=O) groups excluding carboxylic acids is 1. The Balaban J connectivity index is 1.45. The van der Waals surface area contributed by atoms with Crippen LogP contribution in [-0.2, 0) is 26.0 Å². The Hall–Kier alpha value is -1.68. The molecule has 2 aliphatic rings. The number of sulfonamides is 1. The van der Waals surface area contributed by atoms with E-state index in [-0.39, 0.29) is 34.5 Å². The largest absolute Gasteiger partial charge is 0.374 e. The van der Waals surface area contributed by atoms with Crippen LogP contribution < -0.4 is 4.72 Å². The Labute approximate surface area is 166 Å². The highest BCUT2D eigenvalue weighted by atomic mass is 35.5. The lowest BCUT2D eigenvalue weighted by Gasteiger charge is -2.26. The van der Waals surface area contributed by atoms with Crippen LogP contribution in [0.15, 0.2) is 28.5 Å². The smallest absolute Gasteiger partial charge is 0.263 e. The number of carbonyl (C=O) groups is 1. The summed E-state index contributed by atoms with van der Waals surface area (Å²) in [5.74, 6) is -0.00353. The van der Waals surface area contributed by atoms with E-state index in [4.69, 9.17) is 16.3 Å². The minimum atomic E-state index is -3.80. The number of thiazole rings is 1. The number of morpholine rings is 1. The van der Waals surface area contributed by atoms with E-state index in [1.807, 2.05) is 4.90 Å². The Bertz CT molecular complexity index is 992. The van der Waals surface area contributed by atoms with Gasteiger partial charge in [0.2, 0.25) is 5.91 Å². The summed E-state index contributed by atoms with van der Waals surface area (Å²) in [6, 6.07) is 4.87. The first-order valence-corrected chi connectivity index (χ1v) is 11.2. The quantitative estimate of drug-likeness (QED) is 0.791. The number of likely N-dealkylation sites (tertiary alicyclic amines) is 1. The number of aromatic nitrogens is 1. The molecule has 2 bridgehead atoms. The zero-order chi connectivity index (χ0) is 19.2. The molecule has 3 heterocycles. The number of hydrogen-bond donors (Lipinski definition) is 1. The van der Waals surface area contributed by atoms with Crippen LogP contribution in [0.1, 0.15) is 17.7 Å². The number of hydrogen-bond acceptors (Lipinski definition) is 6. The molecule has 2 atom stereocenters. The molecular weight excluding hydrogens is 410 g/mol. The summed E-state index contributed by atoms with van der Waals surface area (Å²) in [6.45, 7) is 2.87. The molecule has 2 saturated heterocycles. The van der Waals surface area contributed by atoms with Crippen LogP contribution in [0.25, 0.3) is 0 Å². The van der Waals surface area contributed by atoms with Crippen LogP contribution in [-0.4, -0.2) is 49.5 Å². The van der Waals surface area contributed by atoms with Crippen molar-refractivity contribution in [3.63, 3.8) is 0 Å². The monoisotopic (exact) mass is 427 g/mol. The van der Waals surface area contributed by atoms with Gasteiger partial charge in [-0.15, -0.1) is 11.3 Å². The zero-order valence-corrected chi connectivity index (χ0v) is 16.9. The molecule has 1 amide bonds. The summed E-state index contributed by atoms with van der Waals surface area (Å²) < 4.78 is 33.2. The van der Waals surface area contributed by atoms with Crippen molar-refractivity contribution < 1.29 is 17.9 Å². The van der Waals surface area contributed by atoms with Crippen molar-refractivity contribution in [2.45, 2.75) is 36.8 Å². The molecule has 0 radical (unpaired) electrons. The predicted octanol–water partition coefficient (Wildman–Crippen LogP) is 2.45. The second-order valence-electron chi connectivity index (χ2n) is 6.68. The van der Waals surface area contributed by atoms with Crippen LogP contribution in [0.2, 0.25) is 5.02 Å². The topological polar surface area (TPSA) is 88.6 Å². The van der Waals surface area contributed by atoms with Gasteiger partial charge < -0.3 is 9.64 Å². The van der Waals surface area contributed by atoms with E-state index in [9.17, 15) is 13.2 Å². The van der Waals surface area contributed by atoms with Crippen molar-refractivity contribution in [2.75, 3.05) is 17.9 Å². The highest BCUT2D eigenvalue weighted by Gasteiger charge is 2.41. The molecule has 1 aromatic carbocycles. The summed E-state index contributed by atoms with van der Waals surface area (Å²) in [7, 11) is -3.80. The molecule has 2 aromatic rings. The fourth-order valence-electron chi connectivity index (χ4n) is 3.45. The summed E-state index contributed by atoms with van der Waals surface area (Å²) in [4.78, 5) is 18.7. The molecule has 0 spiro atoms. The van der Waals surface area contributed by atoms with Gasteiger partial charge in [0.25, 0.3) is 10.0 Å². The van der Waals surface area contributed by atoms with E-state index in [2.05, 4.69) is 9.71 Å². The highest BCUT2D eigenvalue weighted by molar-refractivity contribution is 7.93. The maximum Gasteiger partial charge on any atom is 0.263 e. The summed E-state index contributed by atoms with van der Waals surface area (Å²) in [6.07, 6.45) is 1.20. The third-order valence-electron chi connectivity index (χ3n) is 4.83. The van der Waals surface area contributed by atoms with Crippen molar-refractivity contribution in [1.29, 1.82) is 0 Å². The number of anilines is 1. The van der Waals surface area contributed by atoms with Gasteiger partial charge >= 0.3 is 0 Å². The van der Waals surface area contributed by atoms with Crippen molar-refractivity contribution in [1.82, 2.24) is 9.88 Å². The molecule has 2 aliphatic heterocycles. The molecule has 27 heavy (non-hydrogen) atoms. The number of rotatable bonds is 5. The van der Waals surface area contributed by atoms with E-state index in [0.717, 1.165) is 17.8 Å². The molecule has 144 valence electrons. The second kappa shape index (κ2) is 7.05. The Morgan fingerprint density at radius 3 is 3.00 bits per heavy atom. The fourth-order valence-corrected chi connectivity index (χ4v) is 5.91. The molecule has 1 aromatic heterocycles. The van der Waals surface area contributed by atoms with E-state index < -0.39 is 10.0 Å². The average Bonchev–Trinajstić information content (AvgIpc) is 3.34. The van der Waals surface area contributed by atoms with Gasteiger partial charge in [0.05, 0.1) is 35.8 Å². The predicted molar refractivity (Wildman–Crippen MR) is 103 cm³/mol. The first-order valence-electron chi connectivity index (χ1n) is 8.47. The first-order chi connectivity index (χ1) is 12.8. The van der Waals surface area contributed by atoms with Crippen molar-refractivity contribution in [2.24, 2.45) is 0 Å². The molecule has 4 rings (SSSR count). The third kappa shape index (κ3) is 3.69. The summed E-state index contributed by atoms with van der Waals surface area (Å²) >= 11 is 7.17. The number of benzene rings is 1. The minimum Gasteiger partial charge on any atom is -0.374 e. The Kier molecular flexibility index (Phi) is 4.87. The third-order valence-corrected chi connectivity index (χ3v) is 7.66. The maximum atomic E-state index is 12.6. The molecule has 7 nitrogen and oxygen atoms in total. The molecular formula is C17H18ClN3O4S2. The van der Waals surface area contributed by atoms with E-state index in [0.29, 0.717) is 29.4 Å². The standard InChI is InChI=1S/C17H18ClN3O4S2/c1-10-14(18)3-2-4-15(10)27(23,24)20-17-19-11(9-26-17)5-16(22)21-7-13-6-12(21)8-25-13/h2-4,9,12-13H,5-8H2,1H3,(H,19,20)/t12-,13+/m0/s1. The zero-order valence-electron chi connectivity index (χ0n) is 14.5. The van der Waals surface area contributed by atoms with Crippen LogP contribution in [0.4, 0.5) is 5.13 Å². The van der Waals surface area contributed by atoms with Crippen molar-refractivity contribution in [3.05, 3.63) is 39.9 Å². The van der Waals surface area contributed by atoms with E-state index in [1.165, 1.54) is 6.07 Å². The number of nitrogens with one attached hydrogen (secondary N) is 1. The van der Waals surface area contributed by atoms with Crippen molar-refractivity contribution in [3.8, 4) is 0 Å². The van der Waals surface area contributed by atoms with E-state index >= 15 is 0 Å². The van der Waals surface area contributed by atoms with Crippen LogP contribution in [0, 0.1) is 6.92 Å². The Morgan fingerprint density at radius 1 is 1.48 bits per heavy atom. The van der Waals surface area contributed by atoms with Crippen LogP contribution >= 0.6 is 22.9 Å². The normalized spacial score (nSPS) is 21.6. The second-order valence-corrected chi connectivity index (χ2v) is 9.60. The number of halogens is 1. The molecule has 0 aliphatic carbocycles. The summed E-state index contributed by atoms with van der Waals surface area (Å²) in [5.41, 5.74) is 1.03. The fraction of sp³-hybridized carbons (Fsp3) is 0.412. The van der Waals surface area contributed by atoms with Crippen LogP contribution in [0.5, 0.6) is 0 Å². The SMILES string of the molecule is Cc1c(Cl)cccc1S(=O)(=O)Nc1nc(CC(=O)N2C[C@H]3C[C@H]2CO3)cs1. The molecule has 1 N–H and O–H groups in total. The van der Waals surface area contributed by atoms with Crippen LogP contribution in [0.3, 0.4) is 0 Å². The number of ether oxygens (including phenoxy) is 1. The van der Waals surface area contributed by atoms with Gasteiger partial charge in [-0.2, -0.15) is 0 Å². The lowest BCUT2D eigenvalue weighted by molar-refractivity contribution is -0.134. The number of nitrogens with zero attached hydrogens (tertiary/aromatic N) is 2. The highest BCUT2D eigenvalue weighted by Crippen LogP contribution is 2.29. The molecule has 2 fully saturated rings. The maximum absolute atomic E-state index is 12.6. The summed E-state index contributed by atoms with van der Waals surface area (Å²) in [5, 5.41) is 2.31. The van der Waals surface area contributed by atoms with Crippen molar-refractivity contribution >= 4 is 44.0 Å². The van der Waals surface area contributed by atoms with Gasteiger partial charge in [0, 0.05) is 16.9 Å². The van der Waals surface area contributed by atoms with Gasteiger partial charge in [-0.25, -0.2) is 13.4 Å². The molecule has 0 unspecified atom stereocenters. The Morgan fingerprint density at radius 2 is 2.30 bits per heavy atom. The number of fused-ring (bicyclic) bond motifs is 2. The number of amides is 1. The lowest BCUT2D eigenvalue weighted by Crippen LogP contribution is -2.42. The van der Waals surface area contributed by atoms with Gasteiger partial charge in [-0.1, -0.05) is 17.7 Å². The lowest BCUT2D eigenvalue weighted by atomic mass is 10.2. The van der Waals surface area contributed by atoms with Gasteiger partial charge in [-0.05, 0) is 31.0 Å². The molecule has 0 saturated carbocycles. The van der Waals surface area contributed by atoms with E-state index in [1.54, 1.807) is 24.4 Å².